The summed E-state index contributed by atoms with van der Waals surface area (Å²) in [6, 6.07) is 0. The first-order valence-electron chi connectivity index (χ1n) is 17.4. The van der Waals surface area contributed by atoms with Crippen molar-refractivity contribution in [2.75, 3.05) is 13.2 Å². The van der Waals surface area contributed by atoms with Gasteiger partial charge in [-0.05, 0) is 136 Å². The molecule has 1 saturated heterocycles. The lowest BCUT2D eigenvalue weighted by molar-refractivity contribution is -0.172. The van der Waals surface area contributed by atoms with Crippen molar-refractivity contribution >= 4 is 11.9 Å². The second-order valence-corrected chi connectivity index (χ2v) is 15.7. The molecular formula is C37H52O5. The van der Waals surface area contributed by atoms with Crippen LogP contribution in [-0.4, -0.2) is 35.4 Å². The van der Waals surface area contributed by atoms with E-state index in [1.54, 1.807) is 11.1 Å². The van der Waals surface area contributed by atoms with E-state index in [2.05, 4.69) is 24.3 Å². The summed E-state index contributed by atoms with van der Waals surface area (Å²) in [6.45, 7) is 1.52. The monoisotopic (exact) mass is 576 g/mol. The fraction of sp³-hybridized carbons (Fsp3) is 0.784. The first kappa shape index (κ1) is 28.9. The number of allylic oxidation sites excluding steroid dienone is 6. The molecular weight excluding hydrogens is 524 g/mol. The van der Waals surface area contributed by atoms with E-state index in [0.29, 0.717) is 29.6 Å². The van der Waals surface area contributed by atoms with Crippen molar-refractivity contribution in [1.82, 2.24) is 0 Å². The third kappa shape index (κ3) is 4.66. The normalized spacial score (nSPS) is 41.4. The van der Waals surface area contributed by atoms with Crippen molar-refractivity contribution in [2.24, 2.45) is 51.8 Å². The molecule has 1 aliphatic heterocycles. The number of fused-ring (bicyclic) bond motifs is 5. The van der Waals surface area contributed by atoms with Crippen molar-refractivity contribution in [3.05, 3.63) is 35.5 Å². The van der Waals surface area contributed by atoms with E-state index in [-0.39, 0.29) is 29.1 Å². The Balaban J connectivity index is 1.29. The summed E-state index contributed by atoms with van der Waals surface area (Å²) in [6.07, 6.45) is 28.2. The van der Waals surface area contributed by atoms with Gasteiger partial charge >= 0.3 is 11.9 Å². The fourth-order valence-electron chi connectivity index (χ4n) is 12.6. The van der Waals surface area contributed by atoms with Crippen molar-refractivity contribution in [2.45, 2.75) is 116 Å². The molecule has 5 heteroatoms. The van der Waals surface area contributed by atoms with Gasteiger partial charge in [-0.3, -0.25) is 9.59 Å². The number of hydrogen-bond donors (Lipinski definition) is 2. The molecule has 5 nitrogen and oxygen atoms in total. The van der Waals surface area contributed by atoms with E-state index in [9.17, 15) is 19.8 Å². The van der Waals surface area contributed by atoms with Crippen LogP contribution in [0, 0.1) is 51.8 Å². The average molecular weight is 577 g/mol. The number of carboxylic acid groups (broad SMARTS) is 2. The van der Waals surface area contributed by atoms with Crippen LogP contribution < -0.4 is 0 Å². The van der Waals surface area contributed by atoms with Crippen LogP contribution in [0.3, 0.4) is 0 Å². The maximum absolute atomic E-state index is 12.2. The van der Waals surface area contributed by atoms with Crippen LogP contribution in [0.2, 0.25) is 0 Å². The van der Waals surface area contributed by atoms with Crippen LogP contribution in [0.4, 0.5) is 0 Å². The molecule has 6 aliphatic carbocycles. The Morgan fingerprint density at radius 2 is 1.43 bits per heavy atom. The summed E-state index contributed by atoms with van der Waals surface area (Å²) in [5.74, 6) is 2.38. The Labute approximate surface area is 252 Å². The first-order valence-corrected chi connectivity index (χ1v) is 17.4. The number of rotatable bonds is 10. The van der Waals surface area contributed by atoms with Gasteiger partial charge in [-0.1, -0.05) is 48.3 Å². The van der Waals surface area contributed by atoms with Crippen molar-refractivity contribution in [3.8, 4) is 0 Å². The number of carbonyl (C=O) groups is 2. The highest BCUT2D eigenvalue weighted by Crippen LogP contribution is 2.71. The molecule has 0 radical (unpaired) electrons. The molecule has 0 aromatic carbocycles. The standard InChI is InChI=1S/C37H52O5/c38-33(39)17-19-36(29-13-5-1-9-25(29)26-10-2-6-14-30(26)36)21-35(23-42-24-35)22-37(20-18-34(40)41)31-15-7-3-11-27(31)28-12-4-8-16-32(28)37/h1,3,5,7,25-27,29-31H,2,4,6,8-24H2,(H,38,39)(H,40,41)/t25?,26?,27?,29?,30-,31+,36?,37?/m0/s1. The average Bonchev–Trinajstić information content (AvgIpc) is 3.42. The molecule has 2 saturated carbocycles. The fourth-order valence-corrected chi connectivity index (χ4v) is 12.6. The predicted octanol–water partition coefficient (Wildman–Crippen LogP) is 8.35. The molecule has 8 atom stereocenters. The van der Waals surface area contributed by atoms with Gasteiger partial charge in [0.2, 0.25) is 0 Å². The SMILES string of the molecule is O=C(O)CCC1(CC2(CC3(CCC(=O)O)C4CC=CCC4C4CCCC[C@@H]43)COC2)C2=C(CCCC2)C2CC=CC[C@H]21. The molecule has 0 spiro atoms. The molecule has 7 aliphatic rings. The Hall–Kier alpha value is -1.88. The van der Waals surface area contributed by atoms with Crippen molar-refractivity contribution < 1.29 is 24.5 Å². The topological polar surface area (TPSA) is 83.8 Å². The largest absolute Gasteiger partial charge is 0.481 e. The number of hydrogen-bond acceptors (Lipinski definition) is 3. The van der Waals surface area contributed by atoms with Crippen LogP contribution in [0.1, 0.15) is 116 Å². The van der Waals surface area contributed by atoms with E-state index in [1.165, 1.54) is 51.4 Å². The van der Waals surface area contributed by atoms with Crippen molar-refractivity contribution in [3.63, 3.8) is 0 Å². The zero-order valence-electron chi connectivity index (χ0n) is 25.5. The molecule has 0 aromatic rings. The van der Waals surface area contributed by atoms with Crippen LogP contribution in [0.5, 0.6) is 0 Å². The molecule has 1 heterocycles. The van der Waals surface area contributed by atoms with Gasteiger partial charge in [-0.25, -0.2) is 0 Å². The number of ether oxygens (including phenoxy) is 1. The zero-order chi connectivity index (χ0) is 29.0. The van der Waals surface area contributed by atoms with Gasteiger partial charge in [0.05, 0.1) is 13.2 Å². The van der Waals surface area contributed by atoms with E-state index >= 15 is 0 Å². The summed E-state index contributed by atoms with van der Waals surface area (Å²) < 4.78 is 6.17. The van der Waals surface area contributed by atoms with Gasteiger partial charge in [0.1, 0.15) is 0 Å². The predicted molar refractivity (Wildman–Crippen MR) is 163 cm³/mol. The van der Waals surface area contributed by atoms with Gasteiger partial charge < -0.3 is 14.9 Å². The van der Waals surface area contributed by atoms with Crippen molar-refractivity contribution in [1.29, 1.82) is 0 Å². The molecule has 7 rings (SSSR count). The van der Waals surface area contributed by atoms with Gasteiger partial charge in [-0.15, -0.1) is 0 Å². The summed E-state index contributed by atoms with van der Waals surface area (Å²) in [5.41, 5.74) is 3.35. The molecule has 3 fully saturated rings. The Morgan fingerprint density at radius 1 is 0.738 bits per heavy atom. The lowest BCUT2D eigenvalue weighted by Gasteiger charge is -2.56. The molecule has 230 valence electrons. The summed E-state index contributed by atoms with van der Waals surface area (Å²) in [7, 11) is 0. The van der Waals surface area contributed by atoms with Crippen LogP contribution >= 0.6 is 0 Å². The highest BCUT2D eigenvalue weighted by atomic mass is 16.5. The van der Waals surface area contributed by atoms with Gasteiger partial charge in [0, 0.05) is 18.3 Å². The number of carboxylic acids is 2. The van der Waals surface area contributed by atoms with Gasteiger partial charge in [-0.2, -0.15) is 0 Å². The first-order chi connectivity index (χ1) is 20.4. The van der Waals surface area contributed by atoms with E-state index in [0.717, 1.165) is 70.5 Å². The third-order valence-electron chi connectivity index (χ3n) is 13.8. The lowest BCUT2D eigenvalue weighted by Crippen LogP contribution is -2.53. The molecule has 2 N–H and O–H groups in total. The van der Waals surface area contributed by atoms with E-state index < -0.39 is 11.9 Å². The molecule has 0 bridgehead atoms. The van der Waals surface area contributed by atoms with Crippen LogP contribution in [-0.2, 0) is 14.3 Å². The summed E-state index contributed by atoms with van der Waals surface area (Å²) in [5, 5.41) is 20.0. The quantitative estimate of drug-likeness (QED) is 0.255. The molecule has 42 heavy (non-hydrogen) atoms. The lowest BCUT2D eigenvalue weighted by atomic mass is 9.51. The van der Waals surface area contributed by atoms with E-state index in [4.69, 9.17) is 4.74 Å². The van der Waals surface area contributed by atoms with Gasteiger partial charge in [0.25, 0.3) is 0 Å². The Morgan fingerprint density at radius 3 is 2.19 bits per heavy atom. The minimum absolute atomic E-state index is 0.0145. The third-order valence-corrected chi connectivity index (χ3v) is 13.8. The van der Waals surface area contributed by atoms with E-state index in [1.807, 2.05) is 0 Å². The van der Waals surface area contributed by atoms with Gasteiger partial charge in [0.15, 0.2) is 0 Å². The van der Waals surface area contributed by atoms with Crippen LogP contribution in [0.25, 0.3) is 0 Å². The highest BCUT2D eigenvalue weighted by Gasteiger charge is 2.64. The molecule has 0 amide bonds. The minimum atomic E-state index is -0.670. The van der Waals surface area contributed by atoms with Crippen LogP contribution in [0.15, 0.2) is 35.5 Å². The smallest absolute Gasteiger partial charge is 0.303 e. The Kier molecular flexibility index (Phi) is 7.72. The molecule has 6 unspecified atom stereocenters. The Bertz CT molecular complexity index is 1160. The maximum Gasteiger partial charge on any atom is 0.303 e. The highest BCUT2D eigenvalue weighted by molar-refractivity contribution is 5.67. The summed E-state index contributed by atoms with van der Waals surface area (Å²) in [4.78, 5) is 24.3. The number of aliphatic carboxylic acids is 2. The zero-order valence-corrected chi connectivity index (χ0v) is 25.5. The second kappa shape index (κ2) is 11.2. The summed E-state index contributed by atoms with van der Waals surface area (Å²) >= 11 is 0. The molecule has 0 aromatic heterocycles. The second-order valence-electron chi connectivity index (χ2n) is 15.7. The maximum atomic E-state index is 12.2. The minimum Gasteiger partial charge on any atom is -0.481 e.